The van der Waals surface area contributed by atoms with Crippen molar-refractivity contribution in [1.29, 1.82) is 0 Å². The zero-order chi connectivity index (χ0) is 22.9. The Morgan fingerprint density at radius 1 is 1.03 bits per heavy atom. The molecule has 1 aromatic heterocycles. The molecule has 4 heterocycles. The normalized spacial score (nSPS) is 21.0. The summed E-state index contributed by atoms with van der Waals surface area (Å²) in [6.45, 7) is 7.31. The molecular formula is C25H31N7O2. The Hall–Kier alpha value is -3.14. The van der Waals surface area contributed by atoms with Crippen LogP contribution in [-0.4, -0.2) is 85.2 Å². The molecule has 3 aromatic rings. The van der Waals surface area contributed by atoms with Crippen LogP contribution in [0.25, 0.3) is 11.0 Å². The molecule has 178 valence electrons. The minimum atomic E-state index is -0.151. The predicted octanol–water partition coefficient (Wildman–Crippen LogP) is 2.31. The van der Waals surface area contributed by atoms with Crippen molar-refractivity contribution >= 4 is 22.9 Å². The lowest BCUT2D eigenvalue weighted by Crippen LogP contribution is -2.57. The molecule has 0 unspecified atom stereocenters. The SMILES string of the molecule is COc1ccccc1[C@@H]1NC2=NCN(CCCN3CCOCC3)CN2c2nc3ccccc3n21. The Balaban J connectivity index is 1.29. The molecule has 1 N–H and O–H groups in total. The highest BCUT2D eigenvalue weighted by molar-refractivity contribution is 5.99. The van der Waals surface area contributed by atoms with E-state index in [1.54, 1.807) is 7.11 Å². The molecule has 0 bridgehead atoms. The highest BCUT2D eigenvalue weighted by Crippen LogP contribution is 2.36. The molecule has 3 aliphatic heterocycles. The van der Waals surface area contributed by atoms with Gasteiger partial charge in [0.2, 0.25) is 11.9 Å². The van der Waals surface area contributed by atoms with E-state index in [0.717, 1.165) is 86.7 Å². The average Bonchev–Trinajstić information content (AvgIpc) is 3.29. The van der Waals surface area contributed by atoms with Crippen LogP contribution in [0, 0.1) is 0 Å². The second-order valence-corrected chi connectivity index (χ2v) is 8.95. The molecule has 2 aromatic carbocycles. The van der Waals surface area contributed by atoms with Gasteiger partial charge in [-0.1, -0.05) is 30.3 Å². The number of fused-ring (bicyclic) bond motifs is 5. The Labute approximate surface area is 199 Å². The minimum absolute atomic E-state index is 0.151. The van der Waals surface area contributed by atoms with Crippen LogP contribution in [0.2, 0.25) is 0 Å². The minimum Gasteiger partial charge on any atom is -0.496 e. The van der Waals surface area contributed by atoms with Crippen LogP contribution >= 0.6 is 0 Å². The number of morpholine rings is 1. The van der Waals surface area contributed by atoms with Crippen molar-refractivity contribution < 1.29 is 9.47 Å². The quantitative estimate of drug-likeness (QED) is 0.604. The fourth-order valence-corrected chi connectivity index (χ4v) is 5.10. The smallest absolute Gasteiger partial charge is 0.216 e. The summed E-state index contributed by atoms with van der Waals surface area (Å²) in [6.07, 6.45) is 0.966. The first-order valence-electron chi connectivity index (χ1n) is 12.0. The van der Waals surface area contributed by atoms with Crippen LogP contribution < -0.4 is 15.0 Å². The molecule has 3 aliphatic rings. The van der Waals surface area contributed by atoms with Crippen LogP contribution in [0.15, 0.2) is 53.5 Å². The van der Waals surface area contributed by atoms with Gasteiger partial charge >= 0.3 is 0 Å². The molecular weight excluding hydrogens is 430 g/mol. The Morgan fingerprint density at radius 3 is 2.71 bits per heavy atom. The maximum Gasteiger partial charge on any atom is 0.216 e. The van der Waals surface area contributed by atoms with Gasteiger partial charge in [-0.25, -0.2) is 9.98 Å². The van der Waals surface area contributed by atoms with E-state index in [1.807, 2.05) is 24.3 Å². The highest BCUT2D eigenvalue weighted by Gasteiger charge is 2.36. The molecule has 1 atom stereocenters. The van der Waals surface area contributed by atoms with Gasteiger partial charge in [-0.3, -0.25) is 19.3 Å². The molecule has 6 rings (SSSR count). The van der Waals surface area contributed by atoms with E-state index < -0.39 is 0 Å². The van der Waals surface area contributed by atoms with Gasteiger partial charge < -0.3 is 14.8 Å². The van der Waals surface area contributed by atoms with E-state index in [-0.39, 0.29) is 6.17 Å². The number of aliphatic imine (C=N–C) groups is 1. The molecule has 0 aliphatic carbocycles. The maximum absolute atomic E-state index is 5.70. The number of para-hydroxylation sites is 3. The molecule has 1 fully saturated rings. The van der Waals surface area contributed by atoms with Crippen molar-refractivity contribution in [1.82, 2.24) is 24.7 Å². The molecule has 1 saturated heterocycles. The number of hydrogen-bond donors (Lipinski definition) is 1. The van der Waals surface area contributed by atoms with Crippen molar-refractivity contribution in [2.24, 2.45) is 4.99 Å². The lowest BCUT2D eigenvalue weighted by molar-refractivity contribution is 0.0361. The van der Waals surface area contributed by atoms with E-state index in [1.165, 1.54) is 0 Å². The third kappa shape index (κ3) is 3.89. The lowest BCUT2D eigenvalue weighted by atomic mass is 10.1. The van der Waals surface area contributed by atoms with Gasteiger partial charge in [0.05, 0.1) is 44.7 Å². The van der Waals surface area contributed by atoms with Crippen molar-refractivity contribution in [2.45, 2.75) is 12.6 Å². The molecule has 9 nitrogen and oxygen atoms in total. The summed E-state index contributed by atoms with van der Waals surface area (Å²) in [4.78, 5) is 17.0. The molecule has 0 saturated carbocycles. The number of methoxy groups -OCH3 is 1. The maximum atomic E-state index is 5.70. The van der Waals surface area contributed by atoms with Gasteiger partial charge in [0.15, 0.2) is 0 Å². The number of benzene rings is 2. The molecule has 34 heavy (non-hydrogen) atoms. The Kier molecular flexibility index (Phi) is 5.82. The third-order valence-electron chi connectivity index (χ3n) is 6.85. The first kappa shape index (κ1) is 21.4. The Bertz CT molecular complexity index is 1190. The largest absolute Gasteiger partial charge is 0.496 e. The van der Waals surface area contributed by atoms with Crippen molar-refractivity contribution in [2.75, 3.05) is 64.7 Å². The van der Waals surface area contributed by atoms with E-state index in [0.29, 0.717) is 6.67 Å². The number of rotatable bonds is 6. The zero-order valence-electron chi connectivity index (χ0n) is 19.6. The number of aromatic nitrogens is 2. The van der Waals surface area contributed by atoms with Gasteiger partial charge in [0, 0.05) is 25.2 Å². The summed E-state index contributed by atoms with van der Waals surface area (Å²) < 4.78 is 13.4. The predicted molar refractivity (Wildman–Crippen MR) is 132 cm³/mol. The second kappa shape index (κ2) is 9.25. The van der Waals surface area contributed by atoms with Crippen molar-refractivity contribution in [3.8, 4) is 5.75 Å². The molecule has 0 radical (unpaired) electrons. The summed E-state index contributed by atoms with van der Waals surface area (Å²) in [5, 5.41) is 3.68. The number of ether oxygens (including phenoxy) is 2. The molecule has 9 heteroatoms. The van der Waals surface area contributed by atoms with Gasteiger partial charge in [0.1, 0.15) is 11.9 Å². The first-order valence-corrected chi connectivity index (χ1v) is 12.0. The van der Waals surface area contributed by atoms with Crippen LogP contribution in [0.3, 0.4) is 0 Å². The third-order valence-corrected chi connectivity index (χ3v) is 6.85. The monoisotopic (exact) mass is 461 g/mol. The second-order valence-electron chi connectivity index (χ2n) is 8.95. The van der Waals surface area contributed by atoms with Crippen LogP contribution in [0.4, 0.5) is 5.95 Å². The Morgan fingerprint density at radius 2 is 1.82 bits per heavy atom. The molecule has 0 spiro atoms. The van der Waals surface area contributed by atoms with E-state index in [2.05, 4.69) is 48.8 Å². The lowest BCUT2D eigenvalue weighted by Gasteiger charge is -2.42. The number of anilines is 1. The van der Waals surface area contributed by atoms with Crippen LogP contribution in [0.1, 0.15) is 18.2 Å². The first-order chi connectivity index (χ1) is 16.8. The fraction of sp³-hybridized carbons (Fsp3) is 0.440. The summed E-state index contributed by atoms with van der Waals surface area (Å²) in [5.74, 6) is 2.62. The van der Waals surface area contributed by atoms with Crippen molar-refractivity contribution in [3.05, 3.63) is 54.1 Å². The van der Waals surface area contributed by atoms with Gasteiger partial charge in [-0.05, 0) is 31.2 Å². The number of nitrogens with zero attached hydrogens (tertiary/aromatic N) is 6. The van der Waals surface area contributed by atoms with E-state index in [9.17, 15) is 0 Å². The zero-order valence-corrected chi connectivity index (χ0v) is 19.6. The summed E-state index contributed by atoms with van der Waals surface area (Å²) in [6, 6.07) is 16.4. The number of hydrogen-bond acceptors (Lipinski definition) is 8. The van der Waals surface area contributed by atoms with Gasteiger partial charge in [-0.15, -0.1) is 0 Å². The van der Waals surface area contributed by atoms with Gasteiger partial charge in [-0.2, -0.15) is 0 Å². The van der Waals surface area contributed by atoms with E-state index in [4.69, 9.17) is 19.5 Å². The standard InChI is InChI=1S/C25H31N7O2/c1-33-22-10-5-2-7-19(22)23-28-24-26-17-30(12-6-11-29-13-15-34-16-14-29)18-31(24)25-27-20-8-3-4-9-21(20)32(23)25/h2-5,7-10,23H,6,11-18H2,1H3,(H,26,28)/t23-/m1/s1. The fourth-order valence-electron chi connectivity index (χ4n) is 5.10. The topological polar surface area (TPSA) is 70.4 Å². The number of nitrogens with one attached hydrogen (secondary N) is 1. The van der Waals surface area contributed by atoms with Crippen LogP contribution in [-0.2, 0) is 4.74 Å². The number of imidazole rings is 1. The molecule has 0 amide bonds. The average molecular weight is 462 g/mol. The summed E-state index contributed by atoms with van der Waals surface area (Å²) >= 11 is 0. The van der Waals surface area contributed by atoms with Crippen molar-refractivity contribution in [3.63, 3.8) is 0 Å². The highest BCUT2D eigenvalue weighted by atomic mass is 16.5. The summed E-state index contributed by atoms with van der Waals surface area (Å²) in [7, 11) is 1.72. The summed E-state index contributed by atoms with van der Waals surface area (Å²) in [5.41, 5.74) is 3.12. The number of guanidine groups is 1. The van der Waals surface area contributed by atoms with Crippen LogP contribution in [0.5, 0.6) is 5.75 Å². The van der Waals surface area contributed by atoms with E-state index >= 15 is 0 Å². The van der Waals surface area contributed by atoms with Gasteiger partial charge in [0.25, 0.3) is 0 Å².